The van der Waals surface area contributed by atoms with Gasteiger partial charge < -0.3 is 18.9 Å². The summed E-state index contributed by atoms with van der Waals surface area (Å²) in [6.45, 7) is 5.62. The van der Waals surface area contributed by atoms with E-state index in [2.05, 4.69) is 23.3 Å². The first-order valence-electron chi connectivity index (χ1n) is 24.9. The topological polar surface area (TPSA) is 105 Å². The van der Waals surface area contributed by atoms with Gasteiger partial charge in [-0.1, -0.05) is 77.0 Å². The quantitative estimate of drug-likeness (QED) is 0.0366. The van der Waals surface area contributed by atoms with Gasteiger partial charge in [0.15, 0.2) is 0 Å². The zero-order valence-electron chi connectivity index (χ0n) is 38.6. The van der Waals surface area contributed by atoms with Crippen molar-refractivity contribution in [3.63, 3.8) is 0 Å². The highest BCUT2D eigenvalue weighted by molar-refractivity contribution is 5.77. The summed E-state index contributed by atoms with van der Waals surface area (Å²) in [5.41, 5.74) is -0.440. The van der Waals surface area contributed by atoms with Gasteiger partial charge in [0.05, 0.1) is 13.2 Å². The lowest BCUT2D eigenvalue weighted by molar-refractivity contribution is -0.204. The minimum atomic E-state index is -3.41. The highest BCUT2D eigenvalue weighted by Crippen LogP contribution is 2.60. The third-order valence-corrected chi connectivity index (χ3v) is 15.9. The number of ether oxygens (including phenoxy) is 4. The molecule has 356 valence electrons. The molecule has 62 heavy (non-hydrogen) atoms. The summed E-state index contributed by atoms with van der Waals surface area (Å²) >= 11 is 0. The van der Waals surface area contributed by atoms with Crippen molar-refractivity contribution < 1.29 is 55.7 Å². The van der Waals surface area contributed by atoms with Gasteiger partial charge in [-0.25, -0.2) is 9.59 Å². The van der Waals surface area contributed by atoms with E-state index in [1.807, 2.05) is 0 Å². The molecule has 12 heteroatoms. The van der Waals surface area contributed by atoms with Gasteiger partial charge in [-0.05, 0) is 151 Å². The van der Waals surface area contributed by atoms with Crippen LogP contribution in [-0.2, 0) is 38.1 Å². The molecular weight excluding hydrogens is 805 g/mol. The van der Waals surface area contributed by atoms with Crippen LogP contribution >= 0.6 is 0 Å². The summed E-state index contributed by atoms with van der Waals surface area (Å²) in [5.74, 6) is -3.92. The number of hydrogen-bond donors (Lipinski definition) is 0. The molecule has 8 nitrogen and oxygen atoms in total. The van der Waals surface area contributed by atoms with Gasteiger partial charge in [0.1, 0.15) is 11.2 Å². The van der Waals surface area contributed by atoms with Crippen LogP contribution in [0.3, 0.4) is 0 Å². The van der Waals surface area contributed by atoms with Gasteiger partial charge >= 0.3 is 35.7 Å². The molecule has 0 saturated heterocycles. The average Bonchev–Trinajstić information content (AvgIpc) is 3.19. The largest absolute Gasteiger partial charge is 0.461 e. The Labute approximate surface area is 369 Å². The number of alkyl halides is 4. The number of halogens is 4. The molecule has 8 aliphatic rings. The van der Waals surface area contributed by atoms with E-state index < -0.39 is 23.8 Å². The minimum Gasteiger partial charge on any atom is -0.461 e. The maximum Gasteiger partial charge on any atom is 0.376 e. The maximum absolute atomic E-state index is 12.7. The number of hydrogen-bond acceptors (Lipinski definition) is 8. The fourth-order valence-electron chi connectivity index (χ4n) is 12.6. The fraction of sp³-hybridized carbons (Fsp3) is 0.920. The molecule has 8 rings (SSSR count). The summed E-state index contributed by atoms with van der Waals surface area (Å²) in [6, 6.07) is 0. The Kier molecular flexibility index (Phi) is 18.9. The Morgan fingerprint density at radius 3 is 0.919 bits per heavy atom. The molecule has 0 atom stereocenters. The van der Waals surface area contributed by atoms with Gasteiger partial charge in [0.2, 0.25) is 0 Å². The molecule has 0 amide bonds. The number of carbonyl (C=O) groups excluding carboxylic acids is 4. The van der Waals surface area contributed by atoms with Crippen molar-refractivity contribution in [3.8, 4) is 0 Å². The van der Waals surface area contributed by atoms with Gasteiger partial charge in [0.25, 0.3) is 0 Å². The van der Waals surface area contributed by atoms with Crippen LogP contribution in [0, 0.1) is 47.3 Å². The van der Waals surface area contributed by atoms with Crippen molar-refractivity contribution in [2.45, 2.75) is 231 Å². The van der Waals surface area contributed by atoms with Gasteiger partial charge in [-0.3, -0.25) is 9.59 Å². The highest BCUT2D eigenvalue weighted by Gasteiger charge is 2.58. The van der Waals surface area contributed by atoms with Gasteiger partial charge in [-0.15, -0.1) is 0 Å². The van der Waals surface area contributed by atoms with E-state index in [1.54, 1.807) is 0 Å². The van der Waals surface area contributed by atoms with Crippen molar-refractivity contribution in [2.75, 3.05) is 13.2 Å². The second kappa shape index (κ2) is 23.2. The number of unbranched alkanes of at least 4 members (excludes halogenated alkanes) is 14. The molecule has 0 N–H and O–H groups in total. The number of rotatable bonds is 26. The number of esters is 4. The molecule has 0 unspecified atom stereocenters. The molecule has 8 saturated carbocycles. The van der Waals surface area contributed by atoms with Gasteiger partial charge in [-0.2, -0.15) is 17.6 Å². The maximum atomic E-state index is 12.7. The number of carbonyl (C=O) groups is 4. The second-order valence-corrected chi connectivity index (χ2v) is 21.1. The van der Waals surface area contributed by atoms with E-state index in [1.165, 1.54) is 77.0 Å². The van der Waals surface area contributed by atoms with Crippen LogP contribution in [-0.4, -0.2) is 60.1 Å². The van der Waals surface area contributed by atoms with Crippen LogP contribution < -0.4 is 0 Å². The molecule has 0 spiro atoms. The Balaban J connectivity index is 0.000000236. The summed E-state index contributed by atoms with van der Waals surface area (Å²) < 4.78 is 71.9. The third-order valence-electron chi connectivity index (χ3n) is 15.9. The molecular formula is C50H80F4O8. The normalized spacial score (nSPS) is 31.6. The Morgan fingerprint density at radius 2 is 0.661 bits per heavy atom. The average molecular weight is 885 g/mol. The first kappa shape index (κ1) is 50.6. The lowest BCUT2D eigenvalue weighted by atomic mass is 9.50. The molecule has 0 aromatic carbocycles. The molecule has 0 aliphatic heterocycles. The zero-order valence-corrected chi connectivity index (χ0v) is 38.6. The second-order valence-electron chi connectivity index (χ2n) is 21.1. The summed E-state index contributed by atoms with van der Waals surface area (Å²) in [5, 5.41) is 0. The van der Waals surface area contributed by atoms with Crippen LogP contribution in [0.5, 0.6) is 0 Å². The highest BCUT2D eigenvalue weighted by atomic mass is 19.3. The monoisotopic (exact) mass is 885 g/mol. The van der Waals surface area contributed by atoms with Crippen LogP contribution in [0.25, 0.3) is 0 Å². The van der Waals surface area contributed by atoms with E-state index in [4.69, 9.17) is 9.47 Å². The van der Waals surface area contributed by atoms with E-state index in [0.717, 1.165) is 101 Å². The molecule has 8 aliphatic carbocycles. The van der Waals surface area contributed by atoms with Crippen LogP contribution in [0.4, 0.5) is 17.6 Å². The van der Waals surface area contributed by atoms with Gasteiger partial charge in [0, 0.05) is 26.7 Å². The molecule has 0 aromatic heterocycles. The van der Waals surface area contributed by atoms with Crippen molar-refractivity contribution in [3.05, 3.63) is 0 Å². The van der Waals surface area contributed by atoms with Crippen molar-refractivity contribution in [1.82, 2.24) is 0 Å². The SMILES string of the molecule is CC(F)(F)C(=O)OCCCCCCCCC(=O)OC1(C)C2CC3CC(C2)CC1C3.CC(F)(F)C(=O)OCCCCCCCCCCCCC(=O)OC1(C)C2CC3CC(C2)CC1C3. The standard InChI is InChI=1S/C27H44F2O4.C23H36F2O4/c1-26(22-16-20-15-21(18-22)19-23(26)17-20)33-24(30)13-11-9-7-5-3-4-6-8-10-12-14-32-25(31)27(2,28)29;1-22(18-12-16-11-17(14-18)15-19(22)13-16)29-20(26)9-7-5-3-4-6-8-10-28-21(27)23(2,24)25/h20-23H,3-19H2,1-2H3;16-19H,3-15H2,1-2H3. The zero-order chi connectivity index (χ0) is 45.0. The Bertz CT molecular complexity index is 1380. The lowest BCUT2D eigenvalue weighted by Crippen LogP contribution is -2.57. The first-order chi connectivity index (χ1) is 29.4. The Hall–Kier alpha value is -2.40. The summed E-state index contributed by atoms with van der Waals surface area (Å²) in [4.78, 5) is 46.8. The molecule has 0 aromatic rings. The minimum absolute atomic E-state index is 0.0123. The van der Waals surface area contributed by atoms with Crippen molar-refractivity contribution in [1.29, 1.82) is 0 Å². The first-order valence-corrected chi connectivity index (χ1v) is 24.9. The predicted molar refractivity (Wildman–Crippen MR) is 229 cm³/mol. The van der Waals surface area contributed by atoms with E-state index in [9.17, 15) is 36.7 Å². The van der Waals surface area contributed by atoms with E-state index >= 15 is 0 Å². The summed E-state index contributed by atoms with van der Waals surface area (Å²) in [6.07, 6.45) is 29.4. The summed E-state index contributed by atoms with van der Waals surface area (Å²) in [7, 11) is 0. The third kappa shape index (κ3) is 14.8. The molecule has 0 heterocycles. The molecule has 0 radical (unpaired) electrons. The Morgan fingerprint density at radius 1 is 0.419 bits per heavy atom. The lowest BCUT2D eigenvalue weighted by Gasteiger charge is -2.59. The fourth-order valence-corrected chi connectivity index (χ4v) is 12.6. The predicted octanol–water partition coefficient (Wildman–Crippen LogP) is 12.9. The molecule has 8 fully saturated rings. The van der Waals surface area contributed by atoms with Crippen LogP contribution in [0.2, 0.25) is 0 Å². The van der Waals surface area contributed by atoms with Crippen molar-refractivity contribution in [2.24, 2.45) is 47.3 Å². The van der Waals surface area contributed by atoms with E-state index in [0.29, 0.717) is 63.2 Å². The van der Waals surface area contributed by atoms with Crippen LogP contribution in [0.1, 0.15) is 207 Å². The molecule has 8 bridgehead atoms. The van der Waals surface area contributed by atoms with Crippen LogP contribution in [0.15, 0.2) is 0 Å². The van der Waals surface area contributed by atoms with Crippen molar-refractivity contribution >= 4 is 23.9 Å². The smallest absolute Gasteiger partial charge is 0.376 e. The van der Waals surface area contributed by atoms with E-state index in [-0.39, 0.29) is 36.4 Å².